The summed E-state index contributed by atoms with van der Waals surface area (Å²) in [7, 11) is -0.647. The molecular weight excluding hydrogens is 452 g/mol. The van der Waals surface area contributed by atoms with Gasteiger partial charge in [-0.15, -0.1) is 0 Å². The van der Waals surface area contributed by atoms with E-state index in [0.29, 0.717) is 5.56 Å². The van der Waals surface area contributed by atoms with Crippen LogP contribution in [0.3, 0.4) is 0 Å². The Morgan fingerprint density at radius 2 is 1.85 bits per heavy atom. The van der Waals surface area contributed by atoms with E-state index >= 15 is 0 Å². The van der Waals surface area contributed by atoms with Gasteiger partial charge in [0.1, 0.15) is 17.4 Å². The van der Waals surface area contributed by atoms with Gasteiger partial charge >= 0.3 is 0 Å². The number of nitriles is 1. The lowest BCUT2D eigenvalue weighted by atomic mass is 10.1. The smallest absolute Gasteiger partial charge is 0.262 e. The van der Waals surface area contributed by atoms with E-state index in [9.17, 15) is 18.5 Å². The minimum Gasteiger partial charge on any atom is -0.497 e. The van der Waals surface area contributed by atoms with E-state index < -0.39 is 15.9 Å². The Morgan fingerprint density at radius 3 is 2.47 bits per heavy atom. The first kappa shape index (κ1) is 24.8. The molecule has 34 heavy (non-hydrogen) atoms. The second kappa shape index (κ2) is 10.4. The Labute approximate surface area is 199 Å². The Hall–Kier alpha value is -3.87. The minimum absolute atomic E-state index is 0.0472. The molecular formula is C25H26N4O4S. The van der Waals surface area contributed by atoms with Crippen LogP contribution in [0, 0.1) is 25.2 Å². The molecule has 176 valence electrons. The molecule has 0 saturated carbocycles. The van der Waals surface area contributed by atoms with Crippen LogP contribution in [0.1, 0.15) is 22.5 Å². The summed E-state index contributed by atoms with van der Waals surface area (Å²) in [5, 5.41) is 12.3. The lowest BCUT2D eigenvalue weighted by Gasteiger charge is -2.10. The minimum atomic E-state index is -3.59. The zero-order valence-corrected chi connectivity index (χ0v) is 20.2. The molecule has 3 rings (SSSR count). The number of hydrogen-bond donors (Lipinski definition) is 2. The summed E-state index contributed by atoms with van der Waals surface area (Å²) in [5.74, 6) is 0.211. The van der Waals surface area contributed by atoms with Gasteiger partial charge in [0.25, 0.3) is 5.91 Å². The third-order valence-corrected chi connectivity index (χ3v) is 6.81. The molecule has 0 aliphatic rings. The normalized spacial score (nSPS) is 11.7. The van der Waals surface area contributed by atoms with E-state index in [2.05, 4.69) is 10.0 Å². The van der Waals surface area contributed by atoms with Crippen LogP contribution in [0.5, 0.6) is 5.75 Å². The predicted molar refractivity (Wildman–Crippen MR) is 130 cm³/mol. The van der Waals surface area contributed by atoms with Crippen molar-refractivity contribution in [3.63, 3.8) is 0 Å². The van der Waals surface area contributed by atoms with Crippen molar-refractivity contribution in [3.05, 3.63) is 82.7 Å². The monoisotopic (exact) mass is 478 g/mol. The fraction of sp³-hybridized carbons (Fsp3) is 0.200. The summed E-state index contributed by atoms with van der Waals surface area (Å²) in [6.45, 7) is 3.95. The molecule has 1 heterocycles. The molecule has 0 fully saturated rings. The molecule has 9 heteroatoms. The van der Waals surface area contributed by atoms with Gasteiger partial charge in [-0.3, -0.25) is 4.79 Å². The standard InChI is InChI=1S/C25H26N4O4S/c1-17-12-20(18(2)29(17)22-8-10-23(33-4)11-9-22)14-21(15-26)25(30)28-16-19-6-5-7-24(13-19)34(31,32)27-3/h5-14,27H,16H2,1-4H3,(H,28,30)/b21-14-. The van der Waals surface area contributed by atoms with Crippen LogP contribution in [0.2, 0.25) is 0 Å². The number of nitrogens with one attached hydrogen (secondary N) is 2. The van der Waals surface area contributed by atoms with Crippen molar-refractivity contribution in [2.45, 2.75) is 25.3 Å². The molecule has 3 aromatic rings. The summed E-state index contributed by atoms with van der Waals surface area (Å²) in [4.78, 5) is 12.8. The van der Waals surface area contributed by atoms with Gasteiger partial charge in [-0.05, 0) is 80.6 Å². The van der Waals surface area contributed by atoms with Gasteiger partial charge in [0.05, 0.1) is 12.0 Å². The first-order valence-electron chi connectivity index (χ1n) is 10.5. The average Bonchev–Trinajstić information content (AvgIpc) is 3.13. The largest absolute Gasteiger partial charge is 0.497 e. The number of nitrogens with zero attached hydrogens (tertiary/aromatic N) is 2. The number of aryl methyl sites for hydroxylation is 1. The Morgan fingerprint density at radius 1 is 1.15 bits per heavy atom. The Bertz CT molecular complexity index is 1380. The number of aromatic nitrogens is 1. The van der Waals surface area contributed by atoms with Crippen LogP contribution >= 0.6 is 0 Å². The van der Waals surface area contributed by atoms with Gasteiger partial charge in [-0.2, -0.15) is 5.26 Å². The van der Waals surface area contributed by atoms with Crippen molar-refractivity contribution in [2.75, 3.05) is 14.2 Å². The molecule has 0 unspecified atom stereocenters. The molecule has 0 bridgehead atoms. The van der Waals surface area contributed by atoms with Gasteiger partial charge in [0, 0.05) is 23.6 Å². The maximum absolute atomic E-state index is 12.7. The predicted octanol–water partition coefficient (Wildman–Crippen LogP) is 3.23. The van der Waals surface area contributed by atoms with Gasteiger partial charge in [0.15, 0.2) is 0 Å². The van der Waals surface area contributed by atoms with E-state index in [-0.39, 0.29) is 17.0 Å². The number of ether oxygens (including phenoxy) is 1. The Balaban J connectivity index is 1.81. The van der Waals surface area contributed by atoms with E-state index in [1.807, 2.05) is 54.8 Å². The van der Waals surface area contributed by atoms with Crippen molar-refractivity contribution < 1.29 is 17.9 Å². The lowest BCUT2D eigenvalue weighted by Crippen LogP contribution is -2.24. The highest BCUT2D eigenvalue weighted by Gasteiger charge is 2.15. The summed E-state index contributed by atoms with van der Waals surface area (Å²) >= 11 is 0. The third kappa shape index (κ3) is 5.36. The van der Waals surface area contributed by atoms with Gasteiger partial charge in [-0.1, -0.05) is 12.1 Å². The van der Waals surface area contributed by atoms with Crippen molar-refractivity contribution >= 4 is 22.0 Å². The molecule has 8 nitrogen and oxygen atoms in total. The maximum Gasteiger partial charge on any atom is 0.262 e. The molecule has 0 radical (unpaired) electrons. The fourth-order valence-electron chi connectivity index (χ4n) is 3.58. The molecule has 1 amide bonds. The average molecular weight is 479 g/mol. The van der Waals surface area contributed by atoms with Crippen LogP contribution in [0.4, 0.5) is 0 Å². The molecule has 1 aromatic heterocycles. The molecule has 2 aromatic carbocycles. The number of benzene rings is 2. The zero-order valence-electron chi connectivity index (χ0n) is 19.4. The van der Waals surface area contributed by atoms with Crippen molar-refractivity contribution in [1.29, 1.82) is 5.26 Å². The highest BCUT2D eigenvalue weighted by Crippen LogP contribution is 2.24. The van der Waals surface area contributed by atoms with Gasteiger partial charge in [-0.25, -0.2) is 13.1 Å². The number of methoxy groups -OCH3 is 1. The van der Waals surface area contributed by atoms with E-state index in [1.54, 1.807) is 25.3 Å². The van der Waals surface area contributed by atoms with Gasteiger partial charge in [0.2, 0.25) is 10.0 Å². The second-order valence-electron chi connectivity index (χ2n) is 7.57. The summed E-state index contributed by atoms with van der Waals surface area (Å²) < 4.78 is 33.5. The number of hydrogen-bond acceptors (Lipinski definition) is 5. The molecule has 0 spiro atoms. The van der Waals surface area contributed by atoms with Crippen LogP contribution in [0.25, 0.3) is 11.8 Å². The maximum atomic E-state index is 12.7. The van der Waals surface area contributed by atoms with E-state index in [0.717, 1.165) is 28.4 Å². The molecule has 0 saturated heterocycles. The second-order valence-corrected chi connectivity index (χ2v) is 9.45. The van der Waals surface area contributed by atoms with Crippen molar-refractivity contribution in [3.8, 4) is 17.5 Å². The van der Waals surface area contributed by atoms with E-state index in [4.69, 9.17) is 4.74 Å². The highest BCUT2D eigenvalue weighted by atomic mass is 32.2. The first-order valence-corrected chi connectivity index (χ1v) is 11.9. The number of carbonyl (C=O) groups is 1. The van der Waals surface area contributed by atoms with Gasteiger partial charge < -0.3 is 14.6 Å². The highest BCUT2D eigenvalue weighted by molar-refractivity contribution is 7.89. The van der Waals surface area contributed by atoms with Crippen LogP contribution in [0.15, 0.2) is 65.1 Å². The summed E-state index contributed by atoms with van der Waals surface area (Å²) in [5.41, 5.74) is 4.08. The summed E-state index contributed by atoms with van der Waals surface area (Å²) in [6.07, 6.45) is 1.56. The lowest BCUT2D eigenvalue weighted by molar-refractivity contribution is -0.117. The van der Waals surface area contributed by atoms with Crippen LogP contribution in [-0.4, -0.2) is 33.0 Å². The molecule has 2 N–H and O–H groups in total. The fourth-order valence-corrected chi connectivity index (χ4v) is 4.38. The molecule has 0 aliphatic carbocycles. The SMILES string of the molecule is CNS(=O)(=O)c1cccc(CNC(=O)/C(C#N)=C\c2cc(C)n(-c3ccc(OC)cc3)c2C)c1. The number of amides is 1. The summed E-state index contributed by atoms with van der Waals surface area (Å²) in [6, 6.07) is 17.7. The topological polar surface area (TPSA) is 113 Å². The zero-order chi connectivity index (χ0) is 24.9. The number of sulfonamides is 1. The number of carbonyl (C=O) groups excluding carboxylic acids is 1. The quantitative estimate of drug-likeness (QED) is 0.381. The van der Waals surface area contributed by atoms with Crippen molar-refractivity contribution in [2.24, 2.45) is 0 Å². The Kier molecular flexibility index (Phi) is 7.56. The van der Waals surface area contributed by atoms with Crippen LogP contribution in [-0.2, 0) is 21.4 Å². The van der Waals surface area contributed by atoms with E-state index in [1.165, 1.54) is 19.2 Å². The first-order chi connectivity index (χ1) is 16.2. The number of rotatable bonds is 8. The van der Waals surface area contributed by atoms with Crippen molar-refractivity contribution in [1.82, 2.24) is 14.6 Å². The molecule has 0 atom stereocenters. The molecule has 0 aliphatic heterocycles. The third-order valence-electron chi connectivity index (χ3n) is 5.40. The van der Waals surface area contributed by atoms with Crippen LogP contribution < -0.4 is 14.8 Å².